The fourth-order valence-corrected chi connectivity index (χ4v) is 9.77. The van der Waals surface area contributed by atoms with Gasteiger partial charge in [-0.2, -0.15) is 0 Å². The Hall–Kier alpha value is -8.02. The van der Waals surface area contributed by atoms with E-state index in [-0.39, 0.29) is 22.1 Å². The van der Waals surface area contributed by atoms with Gasteiger partial charge in [-0.1, -0.05) is 196 Å². The quantitative estimate of drug-likeness (QED) is 0.101. The molecule has 73 heavy (non-hydrogen) atoms. The Bertz CT molecular complexity index is 4260. The zero-order chi connectivity index (χ0) is 58.6. The molecule has 0 aliphatic heterocycles. The third-order valence-corrected chi connectivity index (χ3v) is 12.9. The van der Waals surface area contributed by atoms with Crippen LogP contribution in [0.1, 0.15) is 91.3 Å². The Balaban J connectivity index is 1.09. The number of pyridine rings is 1. The van der Waals surface area contributed by atoms with E-state index in [2.05, 4.69) is 86.3 Å². The van der Waals surface area contributed by atoms with Crippen molar-refractivity contribution in [2.45, 2.75) is 80.5 Å². The maximum Gasteiger partial charge on any atom is 0.269 e. The molecule has 0 unspecified atom stereocenters. The van der Waals surface area contributed by atoms with Crippen LogP contribution >= 0.6 is 0 Å². The number of ether oxygens (including phenoxy) is 1. The molecular weight excluding hydrogens is 889 g/mol. The molecule has 11 aromatic rings. The van der Waals surface area contributed by atoms with Crippen LogP contribution in [0.5, 0.6) is 11.5 Å². The first-order valence-corrected chi connectivity index (χ1v) is 24.9. The molecule has 0 saturated carbocycles. The minimum Gasteiger partial charge on any atom is -0.458 e. The number of hydrogen-bond donors (Lipinski definition) is 0. The Morgan fingerprint density at radius 3 is 1.96 bits per heavy atom. The molecule has 0 N–H and O–H groups in total. The highest BCUT2D eigenvalue weighted by Crippen LogP contribution is 2.40. The van der Waals surface area contributed by atoms with E-state index in [4.69, 9.17) is 13.8 Å². The van der Waals surface area contributed by atoms with Gasteiger partial charge in [0.1, 0.15) is 17.3 Å². The number of benzene rings is 8. The minimum atomic E-state index is -1.94. The summed E-state index contributed by atoms with van der Waals surface area (Å²) in [6, 6.07) is 50.8. The Kier molecular flexibility index (Phi) is 9.58. The highest BCUT2D eigenvalue weighted by molar-refractivity contribution is 6.10. The molecule has 3 heterocycles. The Labute approximate surface area is 443 Å². The lowest BCUT2D eigenvalue weighted by Gasteiger charge is -2.23. The normalized spacial score (nSPS) is 14.5. The van der Waals surface area contributed by atoms with E-state index in [1.807, 2.05) is 136 Å². The first-order valence-electron chi connectivity index (χ1n) is 29.4. The van der Waals surface area contributed by atoms with E-state index >= 15 is 0 Å². The summed E-state index contributed by atoms with van der Waals surface area (Å²) in [6.45, 7) is 17.5. The summed E-state index contributed by atoms with van der Waals surface area (Å²) in [5.74, 6) is 1.94. The molecule has 11 rings (SSSR count). The second-order valence-corrected chi connectivity index (χ2v) is 21.9. The lowest BCUT2D eigenvalue weighted by Crippen LogP contribution is -2.31. The zero-order valence-electron chi connectivity index (χ0n) is 51.9. The third-order valence-electron chi connectivity index (χ3n) is 12.9. The van der Waals surface area contributed by atoms with Crippen molar-refractivity contribution in [1.82, 2.24) is 14.1 Å². The van der Waals surface area contributed by atoms with Crippen molar-refractivity contribution in [2.75, 3.05) is 0 Å². The molecule has 0 radical (unpaired) electrons. The number of rotatable bonds is 10. The van der Waals surface area contributed by atoms with Gasteiger partial charge in [0.25, 0.3) is 6.33 Å². The van der Waals surface area contributed by atoms with Crippen molar-refractivity contribution >= 4 is 32.8 Å². The summed E-state index contributed by atoms with van der Waals surface area (Å²) in [6.07, 6.45) is 1.61. The van der Waals surface area contributed by atoms with E-state index < -0.39 is 53.8 Å². The van der Waals surface area contributed by atoms with Gasteiger partial charge in [0.05, 0.1) is 40.3 Å². The molecule has 8 aromatic carbocycles. The first-order chi connectivity index (χ1) is 38.7. The van der Waals surface area contributed by atoms with Crippen LogP contribution in [0.25, 0.3) is 83.4 Å². The molecule has 0 spiro atoms. The fraction of sp³-hybridized carbons (Fsp3) is 0.206. The molecule has 0 aliphatic rings. The first kappa shape index (κ1) is 37.7. The van der Waals surface area contributed by atoms with Crippen LogP contribution in [0.2, 0.25) is 0 Å². The Morgan fingerprint density at radius 1 is 0.548 bits per heavy atom. The van der Waals surface area contributed by atoms with Gasteiger partial charge in [-0.05, 0) is 134 Å². The highest BCUT2D eigenvalue weighted by Gasteiger charge is 2.24. The molecule has 0 saturated heterocycles. The predicted molar refractivity (Wildman–Crippen MR) is 304 cm³/mol. The van der Waals surface area contributed by atoms with Crippen LogP contribution < -0.4 is 9.30 Å². The van der Waals surface area contributed by atoms with Crippen molar-refractivity contribution in [1.29, 1.82) is 0 Å². The molecule has 5 heteroatoms. The topological polar surface area (TPSA) is 35.9 Å². The molecule has 0 atom stereocenters. The van der Waals surface area contributed by atoms with Crippen LogP contribution in [0.4, 0.5) is 0 Å². The summed E-state index contributed by atoms with van der Waals surface area (Å²) in [4.78, 5) is 4.93. The second-order valence-electron chi connectivity index (χ2n) is 21.9. The zero-order valence-corrected chi connectivity index (χ0v) is 42.9. The smallest absolute Gasteiger partial charge is 0.269 e. The van der Waals surface area contributed by atoms with Gasteiger partial charge in [0.2, 0.25) is 0 Å². The van der Waals surface area contributed by atoms with Crippen molar-refractivity contribution in [3.63, 3.8) is 0 Å². The van der Waals surface area contributed by atoms with Gasteiger partial charge in [0, 0.05) is 28.5 Å². The molecule has 362 valence electrons. The maximum atomic E-state index is 9.52. The van der Waals surface area contributed by atoms with Crippen molar-refractivity contribution in [3.05, 3.63) is 223 Å². The average Bonchev–Trinajstić information content (AvgIpc) is 3.48. The molecule has 0 amide bonds. The van der Waals surface area contributed by atoms with Crippen LogP contribution in [0.15, 0.2) is 200 Å². The van der Waals surface area contributed by atoms with Crippen LogP contribution in [0, 0.1) is 17.2 Å². The SMILES string of the molecule is [2H]c1c([2H])c([2H])c(-c2cccc(-c3cc(C([2H])([2H])C(C)(C)C)cc(C([2H])([2H])C(C)(C)C)c3)c2-[n+]2[c-]n(-c3cccc(Oc4ccc5c6cc(-c7ccccc7)ccc6n(-c6cc(C(C)(C)C)ccn6)c5c4)c3)c3ccccc32)c([2H])c1[2H]. The number of para-hydroxylation sites is 3. The van der Waals surface area contributed by atoms with Gasteiger partial charge in [0.15, 0.2) is 0 Å². The van der Waals surface area contributed by atoms with Crippen LogP contribution in [-0.4, -0.2) is 14.1 Å². The van der Waals surface area contributed by atoms with E-state index in [0.717, 1.165) is 49.8 Å². The fourth-order valence-electron chi connectivity index (χ4n) is 9.77. The van der Waals surface area contributed by atoms with Crippen LogP contribution in [0.3, 0.4) is 0 Å². The number of hydrogen-bond acceptors (Lipinski definition) is 2. The van der Waals surface area contributed by atoms with E-state index in [1.54, 1.807) is 30.3 Å². The largest absolute Gasteiger partial charge is 0.458 e. The van der Waals surface area contributed by atoms with Gasteiger partial charge < -0.3 is 4.74 Å². The monoisotopic (exact) mass is 962 g/mol. The van der Waals surface area contributed by atoms with Crippen molar-refractivity contribution < 1.29 is 21.6 Å². The summed E-state index contributed by atoms with van der Waals surface area (Å²) in [5.41, 5.74) is 7.62. The molecule has 3 aromatic heterocycles. The van der Waals surface area contributed by atoms with Crippen molar-refractivity contribution in [2.24, 2.45) is 10.8 Å². The molecule has 0 bridgehead atoms. The summed E-state index contributed by atoms with van der Waals surface area (Å²) < 4.78 is 95.5. The predicted octanol–water partition coefficient (Wildman–Crippen LogP) is 17.5. The van der Waals surface area contributed by atoms with Crippen LogP contribution in [-0.2, 0) is 18.2 Å². The van der Waals surface area contributed by atoms with Gasteiger partial charge >= 0.3 is 0 Å². The highest BCUT2D eigenvalue weighted by atomic mass is 16.5. The molecule has 0 aliphatic carbocycles. The Morgan fingerprint density at radius 2 is 1.23 bits per heavy atom. The van der Waals surface area contributed by atoms with Gasteiger partial charge in [-0.3, -0.25) is 13.7 Å². The van der Waals surface area contributed by atoms with E-state index in [9.17, 15) is 8.22 Å². The van der Waals surface area contributed by atoms with Gasteiger partial charge in [-0.15, -0.1) is 0 Å². The summed E-state index contributed by atoms with van der Waals surface area (Å²) >= 11 is 0. The third kappa shape index (κ3) is 9.72. The standard InChI is InChI=1S/C68H64N4O/c1-66(2,3)43-46-36-47(44-67(4,5)6)38-51(37-46)57-27-19-26-56(49-22-14-11-15-23-49)65(57)71-45-70(61-28-16-17-29-62(61)71)53-24-18-25-54(41-53)73-55-31-32-58-59-39-50(48-20-12-10-13-21-48)30-33-60(59)72(63(58)42-55)64-40-52(34-35-69-64)68(7,8)9/h10-42H,43-44H2,1-9H3/i11D,14D,15D,22D,23D,43D2,44D2. The lowest BCUT2D eigenvalue weighted by molar-refractivity contribution is -0.571. The van der Waals surface area contributed by atoms with E-state index in [0.29, 0.717) is 45.1 Å². The molecule has 0 fully saturated rings. The molecule has 5 nitrogen and oxygen atoms in total. The average molecular weight is 962 g/mol. The number of imidazole rings is 1. The number of fused-ring (bicyclic) bond motifs is 4. The van der Waals surface area contributed by atoms with E-state index in [1.165, 1.54) is 0 Å². The lowest BCUT2D eigenvalue weighted by atomic mass is 9.82. The number of aromatic nitrogens is 4. The van der Waals surface area contributed by atoms with Gasteiger partial charge in [-0.25, -0.2) is 4.98 Å². The molecular formula is C68H64N4O. The van der Waals surface area contributed by atoms with Crippen molar-refractivity contribution in [3.8, 4) is 62.1 Å². The second kappa shape index (κ2) is 18.5. The minimum absolute atomic E-state index is 0.0345. The summed E-state index contributed by atoms with van der Waals surface area (Å²) in [5, 5.41) is 2.12. The maximum absolute atomic E-state index is 9.52. The summed E-state index contributed by atoms with van der Waals surface area (Å²) in [7, 11) is 0. The number of nitrogens with zero attached hydrogens (tertiary/aromatic N) is 4.